The van der Waals surface area contributed by atoms with E-state index in [4.69, 9.17) is 34.8 Å². The lowest BCUT2D eigenvalue weighted by Gasteiger charge is -2.15. The van der Waals surface area contributed by atoms with Crippen molar-refractivity contribution in [2.24, 2.45) is 5.92 Å². The van der Waals surface area contributed by atoms with Gasteiger partial charge in [-0.1, -0.05) is 47.5 Å². The first-order valence-corrected chi connectivity index (χ1v) is 7.62. The predicted octanol–water partition coefficient (Wildman–Crippen LogP) is 5.77. The summed E-state index contributed by atoms with van der Waals surface area (Å²) >= 11 is 18.2. The van der Waals surface area contributed by atoms with Crippen LogP contribution in [0.2, 0.25) is 10.0 Å². The molecule has 0 radical (unpaired) electrons. The van der Waals surface area contributed by atoms with Crippen LogP contribution in [0.5, 0.6) is 0 Å². The van der Waals surface area contributed by atoms with E-state index in [0.717, 1.165) is 24.0 Å². The first kappa shape index (κ1) is 15.6. The molecule has 20 heavy (non-hydrogen) atoms. The van der Waals surface area contributed by atoms with E-state index < -0.39 is 0 Å². The molecule has 2 rings (SSSR count). The highest BCUT2D eigenvalue weighted by Gasteiger charge is 2.13. The number of rotatable bonds is 5. The molecule has 0 saturated carbocycles. The summed E-state index contributed by atoms with van der Waals surface area (Å²) in [6, 6.07) is 12.1. The smallest absolute Gasteiger partial charge is 0.123 e. The van der Waals surface area contributed by atoms with E-state index in [2.05, 4.69) is 0 Å². The molecule has 0 amide bonds. The molecule has 0 fully saturated rings. The topological polar surface area (TPSA) is 0 Å². The van der Waals surface area contributed by atoms with E-state index in [0.29, 0.717) is 15.9 Å². The maximum Gasteiger partial charge on any atom is 0.123 e. The average molecular weight is 332 g/mol. The van der Waals surface area contributed by atoms with Gasteiger partial charge in [0.05, 0.1) is 10.0 Å². The Kier molecular flexibility index (Phi) is 5.71. The largest absolute Gasteiger partial charge is 0.207 e. The molecular formula is C16H14Cl3F. The minimum absolute atomic E-state index is 0.228. The van der Waals surface area contributed by atoms with Gasteiger partial charge in [-0.25, -0.2) is 4.39 Å². The molecule has 4 heteroatoms. The van der Waals surface area contributed by atoms with Gasteiger partial charge in [-0.3, -0.25) is 0 Å². The van der Waals surface area contributed by atoms with Crippen LogP contribution in [0, 0.1) is 11.7 Å². The predicted molar refractivity (Wildman–Crippen MR) is 84.5 cm³/mol. The minimum atomic E-state index is -0.228. The molecule has 0 saturated heterocycles. The van der Waals surface area contributed by atoms with Gasteiger partial charge in [0.15, 0.2) is 0 Å². The van der Waals surface area contributed by atoms with Gasteiger partial charge in [0.2, 0.25) is 0 Å². The van der Waals surface area contributed by atoms with Crippen LogP contribution in [0.1, 0.15) is 11.1 Å². The highest BCUT2D eigenvalue weighted by Crippen LogP contribution is 2.28. The summed E-state index contributed by atoms with van der Waals surface area (Å²) in [5.74, 6) is 0.521. The Morgan fingerprint density at radius 1 is 0.950 bits per heavy atom. The van der Waals surface area contributed by atoms with Crippen molar-refractivity contribution in [3.05, 3.63) is 69.5 Å². The second-order valence-corrected chi connectivity index (χ2v) is 5.86. The van der Waals surface area contributed by atoms with E-state index in [1.807, 2.05) is 12.1 Å². The van der Waals surface area contributed by atoms with Gasteiger partial charge in [0.1, 0.15) is 5.82 Å². The van der Waals surface area contributed by atoms with Crippen molar-refractivity contribution >= 4 is 34.8 Å². The summed E-state index contributed by atoms with van der Waals surface area (Å²) in [4.78, 5) is 0. The van der Waals surface area contributed by atoms with Gasteiger partial charge in [0, 0.05) is 5.88 Å². The summed E-state index contributed by atoms with van der Waals surface area (Å²) in [5, 5.41) is 1.14. The average Bonchev–Trinajstić information content (AvgIpc) is 2.45. The van der Waals surface area contributed by atoms with Gasteiger partial charge in [-0.05, 0) is 48.1 Å². The van der Waals surface area contributed by atoms with Gasteiger partial charge in [0.25, 0.3) is 0 Å². The van der Waals surface area contributed by atoms with Gasteiger partial charge < -0.3 is 0 Å². The summed E-state index contributed by atoms with van der Waals surface area (Å²) in [7, 11) is 0. The maximum absolute atomic E-state index is 12.9. The van der Waals surface area contributed by atoms with Gasteiger partial charge in [-0.15, -0.1) is 11.6 Å². The molecule has 1 atom stereocenters. The molecular weight excluding hydrogens is 318 g/mol. The van der Waals surface area contributed by atoms with Crippen molar-refractivity contribution in [2.45, 2.75) is 12.8 Å². The van der Waals surface area contributed by atoms with Crippen molar-refractivity contribution < 1.29 is 4.39 Å². The highest BCUT2D eigenvalue weighted by molar-refractivity contribution is 6.42. The Balaban J connectivity index is 2.09. The second-order valence-electron chi connectivity index (χ2n) is 4.77. The monoisotopic (exact) mass is 330 g/mol. The van der Waals surface area contributed by atoms with E-state index in [-0.39, 0.29) is 11.7 Å². The zero-order valence-electron chi connectivity index (χ0n) is 10.8. The number of hydrogen-bond acceptors (Lipinski definition) is 0. The van der Waals surface area contributed by atoms with Crippen molar-refractivity contribution in [2.75, 3.05) is 5.88 Å². The zero-order chi connectivity index (χ0) is 14.5. The molecule has 0 heterocycles. The first-order valence-electron chi connectivity index (χ1n) is 6.33. The fourth-order valence-electron chi connectivity index (χ4n) is 2.15. The number of halogens is 4. The quantitative estimate of drug-likeness (QED) is 0.610. The van der Waals surface area contributed by atoms with Crippen LogP contribution in [0.15, 0.2) is 42.5 Å². The van der Waals surface area contributed by atoms with Crippen LogP contribution < -0.4 is 0 Å². The van der Waals surface area contributed by atoms with E-state index in [1.165, 1.54) is 12.1 Å². The lowest BCUT2D eigenvalue weighted by Crippen LogP contribution is -2.10. The van der Waals surface area contributed by atoms with Crippen LogP contribution in [-0.2, 0) is 12.8 Å². The lowest BCUT2D eigenvalue weighted by atomic mass is 9.94. The Hall–Kier alpha value is -0.760. The second kappa shape index (κ2) is 7.31. The number of alkyl halides is 1. The lowest BCUT2D eigenvalue weighted by molar-refractivity contribution is 0.581. The molecule has 0 aliphatic carbocycles. The molecule has 0 aromatic heterocycles. The Morgan fingerprint density at radius 2 is 1.65 bits per heavy atom. The third-order valence-corrected chi connectivity index (χ3v) is 4.49. The third kappa shape index (κ3) is 4.12. The molecule has 106 valence electrons. The molecule has 2 aromatic carbocycles. The maximum atomic E-state index is 12.9. The molecule has 0 N–H and O–H groups in total. The van der Waals surface area contributed by atoms with E-state index in [1.54, 1.807) is 18.2 Å². The standard InChI is InChI=1S/C16H14Cl3F/c17-10-12(8-11-4-6-14(20)7-5-11)9-13-2-1-3-15(18)16(13)19/h1-7,12H,8-10H2. The summed E-state index contributed by atoms with van der Waals surface area (Å²) in [6.07, 6.45) is 1.53. The number of hydrogen-bond donors (Lipinski definition) is 0. The fourth-order valence-corrected chi connectivity index (χ4v) is 2.77. The zero-order valence-corrected chi connectivity index (χ0v) is 13.0. The molecule has 0 nitrogen and oxygen atoms in total. The normalized spacial score (nSPS) is 12.4. The van der Waals surface area contributed by atoms with E-state index >= 15 is 0 Å². The van der Waals surface area contributed by atoms with Gasteiger partial charge in [-0.2, -0.15) is 0 Å². The molecule has 0 aliphatic rings. The molecule has 2 aromatic rings. The van der Waals surface area contributed by atoms with Gasteiger partial charge >= 0.3 is 0 Å². The van der Waals surface area contributed by atoms with Crippen LogP contribution in [0.3, 0.4) is 0 Å². The SMILES string of the molecule is Fc1ccc(CC(CCl)Cc2cccc(Cl)c2Cl)cc1. The molecule has 0 spiro atoms. The van der Waals surface area contributed by atoms with Crippen LogP contribution in [0.25, 0.3) is 0 Å². The summed E-state index contributed by atoms with van der Waals surface area (Å²) < 4.78 is 12.9. The third-order valence-electron chi connectivity index (χ3n) is 3.20. The van der Waals surface area contributed by atoms with Crippen molar-refractivity contribution in [3.63, 3.8) is 0 Å². The minimum Gasteiger partial charge on any atom is -0.207 e. The Morgan fingerprint density at radius 3 is 2.30 bits per heavy atom. The van der Waals surface area contributed by atoms with Crippen molar-refractivity contribution in [1.29, 1.82) is 0 Å². The van der Waals surface area contributed by atoms with E-state index in [9.17, 15) is 4.39 Å². The molecule has 0 aliphatic heterocycles. The van der Waals surface area contributed by atoms with Crippen LogP contribution >= 0.6 is 34.8 Å². The summed E-state index contributed by atoms with van der Waals surface area (Å²) in [6.45, 7) is 0. The van der Waals surface area contributed by atoms with Crippen LogP contribution in [-0.4, -0.2) is 5.88 Å². The Bertz CT molecular complexity index is 566. The first-order chi connectivity index (χ1) is 9.60. The Labute approximate surface area is 133 Å². The summed E-state index contributed by atoms with van der Waals surface area (Å²) in [5.41, 5.74) is 2.06. The molecule has 1 unspecified atom stereocenters. The highest BCUT2D eigenvalue weighted by atomic mass is 35.5. The number of benzene rings is 2. The van der Waals surface area contributed by atoms with Crippen molar-refractivity contribution in [1.82, 2.24) is 0 Å². The fraction of sp³-hybridized carbons (Fsp3) is 0.250. The van der Waals surface area contributed by atoms with Crippen LogP contribution in [0.4, 0.5) is 4.39 Å². The molecule has 0 bridgehead atoms. The van der Waals surface area contributed by atoms with Crippen molar-refractivity contribution in [3.8, 4) is 0 Å².